The van der Waals surface area contributed by atoms with Crippen LogP contribution in [0.25, 0.3) is 0 Å². The minimum atomic E-state index is -0.147. The first-order valence-corrected chi connectivity index (χ1v) is 19.9. The first kappa shape index (κ1) is 51.0. The number of carbonyl (C=O) groups is 1. The van der Waals surface area contributed by atoms with Crippen LogP contribution < -0.4 is 0 Å². The highest BCUT2D eigenvalue weighted by Crippen LogP contribution is 2.05. The van der Waals surface area contributed by atoms with Crippen molar-refractivity contribution in [3.63, 3.8) is 0 Å². The molecule has 0 aliphatic rings. The van der Waals surface area contributed by atoms with Gasteiger partial charge in [0.15, 0.2) is 0 Å². The van der Waals surface area contributed by atoms with E-state index in [2.05, 4.69) is 13.8 Å². The van der Waals surface area contributed by atoms with Crippen molar-refractivity contribution >= 4 is 5.97 Å². The van der Waals surface area contributed by atoms with Gasteiger partial charge in [-0.15, -0.1) is 0 Å². The number of rotatable bonds is 47. The number of carbonyl (C=O) groups excluding carboxylic acids is 1. The molecule has 0 amide bonds. The van der Waals surface area contributed by atoms with Gasteiger partial charge in [0.2, 0.25) is 0 Å². The topological polar surface area (TPSA) is 137 Å². The molecular formula is C38H76O14. The van der Waals surface area contributed by atoms with Gasteiger partial charge in [-0.25, -0.2) is 0 Å². The second-order valence-electron chi connectivity index (χ2n) is 11.8. The van der Waals surface area contributed by atoms with E-state index in [1.165, 1.54) is 38.5 Å². The Bertz CT molecular complexity index is 661. The lowest BCUT2D eigenvalue weighted by atomic mass is 10.1. The maximum atomic E-state index is 11.6. The van der Waals surface area contributed by atoms with E-state index in [0.717, 1.165) is 25.9 Å². The standard InChI is InChI=1S/C38H76O14/c1-3-5-7-9-10-12-38(39)52-37-36-51-35-34-50-33-32-49-31-30-48-29-28-47-27-26-46-25-24-45-23-22-44-21-20-43-19-18-42-17-16-41-15-14-40-13-11-8-6-4-2/h3-37H2,1-2H3. The molecule has 14 heteroatoms. The quantitative estimate of drug-likeness (QED) is 0.0628. The fourth-order valence-corrected chi connectivity index (χ4v) is 4.31. The van der Waals surface area contributed by atoms with Crippen molar-refractivity contribution < 1.29 is 66.4 Å². The Labute approximate surface area is 315 Å². The van der Waals surface area contributed by atoms with Gasteiger partial charge in [0.05, 0.1) is 152 Å². The van der Waals surface area contributed by atoms with Crippen molar-refractivity contribution in [3.05, 3.63) is 0 Å². The van der Waals surface area contributed by atoms with E-state index in [1.54, 1.807) is 0 Å². The normalized spacial score (nSPS) is 11.5. The van der Waals surface area contributed by atoms with Gasteiger partial charge in [-0.05, 0) is 12.8 Å². The van der Waals surface area contributed by atoms with Gasteiger partial charge in [-0.1, -0.05) is 58.8 Å². The zero-order valence-electron chi connectivity index (χ0n) is 33.0. The summed E-state index contributed by atoms with van der Waals surface area (Å²) in [5.41, 5.74) is 0. The molecule has 52 heavy (non-hydrogen) atoms. The summed E-state index contributed by atoms with van der Waals surface area (Å²) >= 11 is 0. The number of esters is 1. The summed E-state index contributed by atoms with van der Waals surface area (Å²) < 4.78 is 71.0. The molecule has 0 bridgehead atoms. The Kier molecular flexibility index (Phi) is 47.1. The third kappa shape index (κ3) is 47.0. The molecule has 0 unspecified atom stereocenters. The van der Waals surface area contributed by atoms with Crippen LogP contribution in [0.15, 0.2) is 0 Å². The van der Waals surface area contributed by atoms with E-state index in [-0.39, 0.29) is 12.6 Å². The van der Waals surface area contributed by atoms with Crippen molar-refractivity contribution in [1.29, 1.82) is 0 Å². The van der Waals surface area contributed by atoms with Gasteiger partial charge < -0.3 is 61.6 Å². The summed E-state index contributed by atoms with van der Waals surface area (Å²) in [7, 11) is 0. The zero-order valence-corrected chi connectivity index (χ0v) is 33.0. The number of ether oxygens (including phenoxy) is 13. The van der Waals surface area contributed by atoms with Gasteiger partial charge in [-0.3, -0.25) is 4.79 Å². The molecule has 0 aliphatic heterocycles. The molecule has 0 aromatic rings. The van der Waals surface area contributed by atoms with Crippen LogP contribution in [-0.2, 0) is 66.4 Å². The predicted molar refractivity (Wildman–Crippen MR) is 198 cm³/mol. The molecule has 14 nitrogen and oxygen atoms in total. The fraction of sp³-hybridized carbons (Fsp3) is 0.974. The van der Waals surface area contributed by atoms with Crippen LogP contribution in [0.5, 0.6) is 0 Å². The maximum Gasteiger partial charge on any atom is 0.305 e. The van der Waals surface area contributed by atoms with Crippen LogP contribution in [0.4, 0.5) is 0 Å². The maximum absolute atomic E-state index is 11.6. The van der Waals surface area contributed by atoms with Crippen molar-refractivity contribution in [2.24, 2.45) is 0 Å². The minimum Gasteiger partial charge on any atom is -0.463 e. The van der Waals surface area contributed by atoms with Crippen molar-refractivity contribution in [3.8, 4) is 0 Å². The zero-order chi connectivity index (χ0) is 37.5. The lowest BCUT2D eigenvalue weighted by Gasteiger charge is -2.09. The van der Waals surface area contributed by atoms with Gasteiger partial charge in [-0.2, -0.15) is 0 Å². The van der Waals surface area contributed by atoms with Crippen LogP contribution in [-0.4, -0.2) is 171 Å². The molecule has 0 aromatic carbocycles. The SMILES string of the molecule is CCCCCCCC(=O)OCCOCCOCCOCCOCCOCCOCCOCCOCCOCCOCCOCCOCCCCCC. The van der Waals surface area contributed by atoms with Crippen molar-refractivity contribution in [2.75, 3.05) is 165 Å². The Balaban J connectivity index is 3.08. The smallest absolute Gasteiger partial charge is 0.305 e. The van der Waals surface area contributed by atoms with E-state index in [4.69, 9.17) is 61.6 Å². The van der Waals surface area contributed by atoms with E-state index < -0.39 is 0 Å². The largest absolute Gasteiger partial charge is 0.463 e. The Morgan fingerprint density at radius 2 is 0.500 bits per heavy atom. The lowest BCUT2D eigenvalue weighted by molar-refractivity contribution is -0.145. The number of hydrogen-bond donors (Lipinski definition) is 0. The van der Waals surface area contributed by atoms with Crippen LogP contribution in [0.1, 0.15) is 78.1 Å². The molecule has 0 aliphatic carbocycles. The molecule has 0 radical (unpaired) electrons. The first-order chi connectivity index (χ1) is 25.8. The third-order valence-electron chi connectivity index (χ3n) is 7.21. The average molecular weight is 757 g/mol. The summed E-state index contributed by atoms with van der Waals surface area (Å²) in [6, 6.07) is 0. The highest BCUT2D eigenvalue weighted by Gasteiger charge is 2.02. The highest BCUT2D eigenvalue weighted by atomic mass is 16.6. The summed E-state index contributed by atoms with van der Waals surface area (Å²) in [6.45, 7) is 17.3. The molecule has 0 rings (SSSR count). The van der Waals surface area contributed by atoms with Crippen molar-refractivity contribution in [1.82, 2.24) is 0 Å². The minimum absolute atomic E-state index is 0.147. The molecule has 0 N–H and O–H groups in total. The molecule has 0 heterocycles. The summed E-state index contributed by atoms with van der Waals surface area (Å²) in [4.78, 5) is 11.6. The summed E-state index contributed by atoms with van der Waals surface area (Å²) in [5, 5.41) is 0. The second-order valence-corrected chi connectivity index (χ2v) is 11.8. The molecule has 0 spiro atoms. The molecule has 0 aromatic heterocycles. The van der Waals surface area contributed by atoms with E-state index in [0.29, 0.717) is 158 Å². The van der Waals surface area contributed by atoms with Gasteiger partial charge in [0.25, 0.3) is 0 Å². The summed E-state index contributed by atoms with van der Waals surface area (Å²) in [5.74, 6) is -0.147. The van der Waals surface area contributed by atoms with E-state index >= 15 is 0 Å². The lowest BCUT2D eigenvalue weighted by Crippen LogP contribution is -2.15. The van der Waals surface area contributed by atoms with Crippen LogP contribution in [0.3, 0.4) is 0 Å². The molecule has 0 saturated heterocycles. The number of unbranched alkanes of at least 4 members (excludes halogenated alkanes) is 7. The summed E-state index contributed by atoms with van der Waals surface area (Å²) in [6.07, 6.45) is 11.0. The van der Waals surface area contributed by atoms with Crippen molar-refractivity contribution in [2.45, 2.75) is 78.1 Å². The Hall–Kier alpha value is -1.01. The molecule has 0 saturated carbocycles. The molecule has 0 fully saturated rings. The molecule has 0 atom stereocenters. The molecular weight excluding hydrogens is 680 g/mol. The Morgan fingerprint density at radius 3 is 0.788 bits per heavy atom. The highest BCUT2D eigenvalue weighted by molar-refractivity contribution is 5.69. The van der Waals surface area contributed by atoms with Crippen LogP contribution in [0.2, 0.25) is 0 Å². The monoisotopic (exact) mass is 757 g/mol. The Morgan fingerprint density at radius 1 is 0.269 bits per heavy atom. The average Bonchev–Trinajstić information content (AvgIpc) is 3.15. The predicted octanol–water partition coefficient (Wildman–Crippen LogP) is 4.67. The first-order valence-electron chi connectivity index (χ1n) is 19.9. The van der Waals surface area contributed by atoms with Crippen LogP contribution in [0, 0.1) is 0 Å². The second kappa shape index (κ2) is 48.0. The van der Waals surface area contributed by atoms with Gasteiger partial charge in [0, 0.05) is 13.0 Å². The fourth-order valence-electron chi connectivity index (χ4n) is 4.31. The molecule has 312 valence electrons. The van der Waals surface area contributed by atoms with Gasteiger partial charge >= 0.3 is 5.97 Å². The number of hydrogen-bond acceptors (Lipinski definition) is 14. The van der Waals surface area contributed by atoms with E-state index in [9.17, 15) is 4.79 Å². The van der Waals surface area contributed by atoms with E-state index in [1.807, 2.05) is 0 Å². The van der Waals surface area contributed by atoms with Crippen LogP contribution >= 0.6 is 0 Å². The van der Waals surface area contributed by atoms with Gasteiger partial charge in [0.1, 0.15) is 6.61 Å². The third-order valence-corrected chi connectivity index (χ3v) is 7.21.